The van der Waals surface area contributed by atoms with Crippen LogP contribution in [-0.2, 0) is 19.9 Å². The van der Waals surface area contributed by atoms with Crippen LogP contribution in [0.1, 0.15) is 29.8 Å². The van der Waals surface area contributed by atoms with E-state index < -0.39 is 0 Å². The van der Waals surface area contributed by atoms with Crippen molar-refractivity contribution in [3.63, 3.8) is 0 Å². The third-order valence-electron chi connectivity index (χ3n) is 4.02. The zero-order valence-corrected chi connectivity index (χ0v) is 12.6. The van der Waals surface area contributed by atoms with Crippen LogP contribution in [0.25, 0.3) is 23.1 Å². The van der Waals surface area contributed by atoms with E-state index in [4.69, 9.17) is 4.52 Å². The molecule has 0 spiro atoms. The second kappa shape index (κ2) is 5.01. The topological polar surface area (TPSA) is 82.5 Å². The van der Waals surface area contributed by atoms with Crippen LogP contribution in [0.3, 0.4) is 0 Å². The summed E-state index contributed by atoms with van der Waals surface area (Å²) in [6, 6.07) is 3.71. The van der Waals surface area contributed by atoms with Gasteiger partial charge < -0.3 is 4.52 Å². The van der Waals surface area contributed by atoms with E-state index in [9.17, 15) is 0 Å². The quantitative estimate of drug-likeness (QED) is 0.720. The number of nitrogens with zero attached hydrogens (tertiary/aromatic N) is 6. The Hall–Kier alpha value is -2.57. The number of hydrogen-bond donors (Lipinski definition) is 0. The summed E-state index contributed by atoms with van der Waals surface area (Å²) < 4.78 is 7.34. The first-order valence-corrected chi connectivity index (χ1v) is 7.42. The molecular weight excluding hydrogens is 280 g/mol. The molecule has 112 valence electrons. The first-order valence-electron chi connectivity index (χ1n) is 7.42. The zero-order chi connectivity index (χ0) is 15.1. The maximum Gasteiger partial charge on any atom is 0.279 e. The molecule has 7 nitrogen and oxygen atoms in total. The van der Waals surface area contributed by atoms with E-state index in [1.165, 1.54) is 24.1 Å². The molecular formula is C15H16N6O. The third-order valence-corrected chi connectivity index (χ3v) is 4.02. The van der Waals surface area contributed by atoms with Gasteiger partial charge in [0, 0.05) is 18.3 Å². The Morgan fingerprint density at radius 3 is 2.82 bits per heavy atom. The van der Waals surface area contributed by atoms with Crippen molar-refractivity contribution in [3.8, 4) is 23.1 Å². The fourth-order valence-electron chi connectivity index (χ4n) is 2.89. The van der Waals surface area contributed by atoms with E-state index in [-0.39, 0.29) is 0 Å². The Balaban J connectivity index is 1.74. The fourth-order valence-corrected chi connectivity index (χ4v) is 2.89. The van der Waals surface area contributed by atoms with Crippen LogP contribution in [-0.4, -0.2) is 30.1 Å². The highest BCUT2D eigenvalue weighted by molar-refractivity contribution is 5.58. The van der Waals surface area contributed by atoms with Gasteiger partial charge in [-0.25, -0.2) is 0 Å². The van der Waals surface area contributed by atoms with Gasteiger partial charge in [0.15, 0.2) is 5.69 Å². The number of hydrogen-bond acceptors (Lipinski definition) is 6. The van der Waals surface area contributed by atoms with E-state index in [0.717, 1.165) is 24.2 Å². The van der Waals surface area contributed by atoms with Crippen molar-refractivity contribution in [2.45, 2.75) is 32.6 Å². The molecule has 0 bridgehead atoms. The van der Waals surface area contributed by atoms with E-state index >= 15 is 0 Å². The summed E-state index contributed by atoms with van der Waals surface area (Å²) >= 11 is 0. The van der Waals surface area contributed by atoms with Gasteiger partial charge in [0.1, 0.15) is 5.69 Å². The average molecular weight is 296 g/mol. The third kappa shape index (κ3) is 2.09. The molecule has 1 aliphatic carbocycles. The van der Waals surface area contributed by atoms with Gasteiger partial charge in [-0.15, -0.1) is 5.10 Å². The minimum Gasteiger partial charge on any atom is -0.332 e. The zero-order valence-electron chi connectivity index (χ0n) is 12.6. The van der Waals surface area contributed by atoms with Gasteiger partial charge in [-0.3, -0.25) is 4.68 Å². The first kappa shape index (κ1) is 13.1. The summed E-state index contributed by atoms with van der Waals surface area (Å²) in [7, 11) is 1.97. The molecule has 3 aromatic heterocycles. The Bertz CT molecular complexity index is 817. The lowest BCUT2D eigenvalue weighted by Crippen LogP contribution is -2.05. The van der Waals surface area contributed by atoms with Crippen LogP contribution in [0.2, 0.25) is 0 Å². The summed E-state index contributed by atoms with van der Waals surface area (Å²) in [6.07, 6.45) is 4.46. The van der Waals surface area contributed by atoms with Crippen molar-refractivity contribution in [3.05, 3.63) is 29.1 Å². The molecule has 0 atom stereocenters. The standard InChI is InChI=1S/C15H16N6O/c1-9-7-8-11(18-17-9)14-16-15(22-20-14)13-10-5-3-4-6-12(10)21(2)19-13/h7-8H,3-6H2,1-2H3. The van der Waals surface area contributed by atoms with Crippen LogP contribution in [0.4, 0.5) is 0 Å². The van der Waals surface area contributed by atoms with Crippen LogP contribution in [0.15, 0.2) is 16.7 Å². The number of aromatic nitrogens is 6. The molecule has 1 aliphatic rings. The molecule has 4 rings (SSSR count). The smallest absolute Gasteiger partial charge is 0.279 e. The fraction of sp³-hybridized carbons (Fsp3) is 0.400. The second-order valence-corrected chi connectivity index (χ2v) is 5.59. The number of fused-ring (bicyclic) bond motifs is 1. The Morgan fingerprint density at radius 2 is 2.00 bits per heavy atom. The predicted molar refractivity (Wildman–Crippen MR) is 78.9 cm³/mol. The van der Waals surface area contributed by atoms with Gasteiger partial charge in [-0.05, 0) is 44.7 Å². The first-order chi connectivity index (χ1) is 10.7. The van der Waals surface area contributed by atoms with Gasteiger partial charge in [0.05, 0.1) is 5.69 Å². The summed E-state index contributed by atoms with van der Waals surface area (Å²) in [5.41, 5.74) is 4.77. The molecule has 0 saturated heterocycles. The Labute approximate surface area is 127 Å². The highest BCUT2D eigenvalue weighted by Gasteiger charge is 2.24. The largest absolute Gasteiger partial charge is 0.332 e. The molecule has 7 heteroatoms. The van der Waals surface area contributed by atoms with Crippen molar-refractivity contribution >= 4 is 0 Å². The Kier molecular flexibility index (Phi) is 2.99. The van der Waals surface area contributed by atoms with Gasteiger partial charge in [0.2, 0.25) is 5.82 Å². The van der Waals surface area contributed by atoms with E-state index in [2.05, 4.69) is 25.4 Å². The van der Waals surface area contributed by atoms with E-state index in [1.807, 2.05) is 30.8 Å². The normalized spacial score (nSPS) is 14.1. The molecule has 0 aliphatic heterocycles. The lowest BCUT2D eigenvalue weighted by molar-refractivity contribution is 0.429. The SMILES string of the molecule is Cc1ccc(-c2noc(-c3nn(C)c4c3CCCC4)n2)nn1. The maximum absolute atomic E-state index is 5.41. The van der Waals surface area contributed by atoms with Crippen molar-refractivity contribution in [2.75, 3.05) is 0 Å². The van der Waals surface area contributed by atoms with Crippen molar-refractivity contribution in [1.29, 1.82) is 0 Å². The predicted octanol–water partition coefficient (Wildman–Crippen LogP) is 2.11. The van der Waals surface area contributed by atoms with Crippen LogP contribution in [0.5, 0.6) is 0 Å². The summed E-state index contributed by atoms with van der Waals surface area (Å²) in [5, 5.41) is 16.7. The van der Waals surface area contributed by atoms with Gasteiger partial charge in [-0.2, -0.15) is 15.2 Å². The highest BCUT2D eigenvalue weighted by atomic mass is 16.5. The van der Waals surface area contributed by atoms with Crippen molar-refractivity contribution in [2.24, 2.45) is 7.05 Å². The van der Waals surface area contributed by atoms with Crippen LogP contribution in [0, 0.1) is 6.92 Å². The Morgan fingerprint density at radius 1 is 1.14 bits per heavy atom. The second-order valence-electron chi connectivity index (χ2n) is 5.59. The van der Waals surface area contributed by atoms with Crippen molar-refractivity contribution in [1.82, 2.24) is 30.1 Å². The molecule has 0 fully saturated rings. The molecule has 0 saturated carbocycles. The number of aryl methyl sites for hydroxylation is 2. The molecule has 0 radical (unpaired) electrons. The van der Waals surface area contributed by atoms with E-state index in [0.29, 0.717) is 17.4 Å². The molecule has 22 heavy (non-hydrogen) atoms. The molecule has 0 N–H and O–H groups in total. The molecule has 3 heterocycles. The van der Waals surface area contributed by atoms with Gasteiger partial charge >= 0.3 is 0 Å². The molecule has 0 aromatic carbocycles. The lowest BCUT2D eigenvalue weighted by atomic mass is 9.96. The minimum absolute atomic E-state index is 0.442. The maximum atomic E-state index is 5.41. The molecule has 0 unspecified atom stereocenters. The van der Waals surface area contributed by atoms with Crippen molar-refractivity contribution < 1.29 is 4.52 Å². The summed E-state index contributed by atoms with van der Waals surface area (Å²) in [4.78, 5) is 4.45. The summed E-state index contributed by atoms with van der Waals surface area (Å²) in [6.45, 7) is 1.89. The van der Waals surface area contributed by atoms with Gasteiger partial charge in [-0.1, -0.05) is 5.16 Å². The minimum atomic E-state index is 0.442. The highest BCUT2D eigenvalue weighted by Crippen LogP contribution is 2.30. The molecule has 0 amide bonds. The summed E-state index contributed by atoms with van der Waals surface area (Å²) in [5.74, 6) is 0.897. The lowest BCUT2D eigenvalue weighted by Gasteiger charge is -2.11. The number of rotatable bonds is 2. The van der Waals surface area contributed by atoms with E-state index in [1.54, 1.807) is 0 Å². The van der Waals surface area contributed by atoms with Gasteiger partial charge in [0.25, 0.3) is 5.89 Å². The van der Waals surface area contributed by atoms with Crippen LogP contribution < -0.4 is 0 Å². The monoisotopic (exact) mass is 296 g/mol. The molecule has 3 aromatic rings. The average Bonchev–Trinajstić information content (AvgIpc) is 3.14. The van der Waals surface area contributed by atoms with Crippen LogP contribution >= 0.6 is 0 Å².